The lowest BCUT2D eigenvalue weighted by atomic mass is 9.85. The van der Waals surface area contributed by atoms with Crippen molar-refractivity contribution >= 4 is 65.8 Å². The number of hydrogen-bond acceptors (Lipinski definition) is 11. The van der Waals surface area contributed by atoms with Gasteiger partial charge in [0.25, 0.3) is 5.91 Å². The van der Waals surface area contributed by atoms with E-state index in [4.69, 9.17) is 21.1 Å². The highest BCUT2D eigenvalue weighted by Crippen LogP contribution is 2.46. The fourth-order valence-electron chi connectivity index (χ4n) is 7.15. The molecule has 0 bridgehead atoms. The van der Waals surface area contributed by atoms with Crippen molar-refractivity contribution in [3.05, 3.63) is 66.3 Å². The lowest BCUT2D eigenvalue weighted by Gasteiger charge is -2.36. The smallest absolute Gasteiger partial charge is 0.259 e. The van der Waals surface area contributed by atoms with Gasteiger partial charge in [0.1, 0.15) is 29.5 Å². The van der Waals surface area contributed by atoms with E-state index >= 15 is 0 Å². The Morgan fingerprint density at radius 2 is 1.69 bits per heavy atom. The molecule has 1 aromatic heterocycles. The van der Waals surface area contributed by atoms with Crippen LogP contribution in [0.25, 0.3) is 10.8 Å². The molecule has 5 atom stereocenters. The van der Waals surface area contributed by atoms with E-state index in [9.17, 15) is 31.2 Å². The summed E-state index contributed by atoms with van der Waals surface area (Å²) in [6.07, 6.45) is 3.24. The topological polar surface area (TPSA) is 202 Å². The Morgan fingerprint density at radius 3 is 2.26 bits per heavy atom. The molecule has 58 heavy (non-hydrogen) atoms. The highest BCUT2D eigenvalue weighted by Gasteiger charge is 2.62. The number of aromatic nitrogens is 1. The maximum atomic E-state index is 14.8. The minimum absolute atomic E-state index is 0.00559. The molecule has 314 valence electrons. The first-order valence-corrected chi connectivity index (χ1v) is 22.4. The van der Waals surface area contributed by atoms with Gasteiger partial charge in [-0.3, -0.25) is 19.1 Å². The van der Waals surface area contributed by atoms with E-state index in [0.29, 0.717) is 40.1 Å². The van der Waals surface area contributed by atoms with Crippen molar-refractivity contribution < 1.29 is 40.7 Å². The third kappa shape index (κ3) is 9.22. The molecular weight excluding hydrogens is 808 g/mol. The first-order valence-electron chi connectivity index (χ1n) is 19.0. The summed E-state index contributed by atoms with van der Waals surface area (Å²) < 4.78 is 68.2. The normalized spacial score (nSPS) is 22.8. The lowest BCUT2D eigenvalue weighted by molar-refractivity contribution is -0.141. The van der Waals surface area contributed by atoms with Crippen LogP contribution in [0.3, 0.4) is 0 Å². The Morgan fingerprint density at radius 1 is 1.02 bits per heavy atom. The second-order valence-corrected chi connectivity index (χ2v) is 21.4. The van der Waals surface area contributed by atoms with Gasteiger partial charge >= 0.3 is 0 Å². The van der Waals surface area contributed by atoms with Gasteiger partial charge < -0.3 is 25.0 Å². The molecule has 0 spiro atoms. The predicted molar refractivity (Wildman–Crippen MR) is 220 cm³/mol. The molecule has 18 heteroatoms. The van der Waals surface area contributed by atoms with E-state index in [1.165, 1.54) is 36.4 Å². The van der Waals surface area contributed by atoms with Crippen LogP contribution in [-0.2, 0) is 34.4 Å². The van der Waals surface area contributed by atoms with Crippen molar-refractivity contribution in [2.24, 2.45) is 11.3 Å². The second-order valence-electron chi connectivity index (χ2n) is 17.3. The van der Waals surface area contributed by atoms with Crippen LogP contribution < -0.4 is 29.6 Å². The molecule has 1 saturated heterocycles. The summed E-state index contributed by atoms with van der Waals surface area (Å²) in [4.78, 5) is 48.8. The van der Waals surface area contributed by atoms with Crippen molar-refractivity contribution in [1.29, 1.82) is 0 Å². The van der Waals surface area contributed by atoms with Crippen LogP contribution in [0.15, 0.2) is 66.2 Å². The summed E-state index contributed by atoms with van der Waals surface area (Å²) in [7, 11) is -6.23. The molecule has 3 amide bonds. The van der Waals surface area contributed by atoms with Crippen LogP contribution in [0, 0.1) is 11.3 Å². The Balaban J connectivity index is 1.31. The number of nitrogens with one attached hydrogen (secondary N) is 4. The Kier molecular flexibility index (Phi) is 11.6. The number of ether oxygens (including phenoxy) is 2. The molecule has 2 saturated carbocycles. The molecule has 15 nitrogen and oxygen atoms in total. The zero-order chi connectivity index (χ0) is 42.6. The minimum atomic E-state index is -3.93. The maximum Gasteiger partial charge on any atom is 0.259 e. The third-order valence-electron chi connectivity index (χ3n) is 10.4. The fraction of sp³-hybridized carbons (Fsp3) is 0.500. The van der Waals surface area contributed by atoms with E-state index < -0.39 is 83.6 Å². The number of nitrogens with zero attached hydrogens (tertiary/aromatic N) is 2. The Hall–Kier alpha value is -4.45. The molecule has 4 N–H and O–H groups in total. The molecule has 3 fully saturated rings. The van der Waals surface area contributed by atoms with Gasteiger partial charge in [-0.1, -0.05) is 38.4 Å². The van der Waals surface area contributed by atoms with Crippen molar-refractivity contribution in [2.45, 2.75) is 107 Å². The lowest BCUT2D eigenvalue weighted by Crippen LogP contribution is -2.58. The van der Waals surface area contributed by atoms with Crippen LogP contribution in [0.1, 0.15) is 67.2 Å². The van der Waals surface area contributed by atoms with Gasteiger partial charge in [-0.25, -0.2) is 26.5 Å². The molecule has 2 aliphatic carbocycles. The van der Waals surface area contributed by atoms with E-state index in [2.05, 4.69) is 31.6 Å². The number of carbonyl (C=O) groups excluding carboxylic acids is 3. The number of anilines is 1. The maximum absolute atomic E-state index is 14.8. The van der Waals surface area contributed by atoms with Crippen molar-refractivity contribution in [3.8, 4) is 11.6 Å². The van der Waals surface area contributed by atoms with Crippen LogP contribution in [0.5, 0.6) is 11.6 Å². The van der Waals surface area contributed by atoms with E-state index in [1.807, 2.05) is 20.8 Å². The van der Waals surface area contributed by atoms with Gasteiger partial charge in [0.2, 0.25) is 37.7 Å². The molecule has 1 unspecified atom stereocenters. The summed E-state index contributed by atoms with van der Waals surface area (Å²) in [5, 5.41) is 7.07. The number of methoxy groups -OCH3 is 1. The summed E-state index contributed by atoms with van der Waals surface area (Å²) in [6, 6.07) is 9.06. The van der Waals surface area contributed by atoms with Crippen molar-refractivity contribution in [2.75, 3.05) is 19.0 Å². The second kappa shape index (κ2) is 15.6. The number of benzene rings is 2. The fourth-order valence-corrected chi connectivity index (χ4v) is 10.1. The highest BCUT2D eigenvalue weighted by molar-refractivity contribution is 7.91. The SMILES string of the molecule is C=C[C@@H]1C[C@]1(NC(=O)[C@@H]1C[C@@H](Oc2ncc(OC)c3ccc(Cl)cc23)CN1C(=O)C(Nc1ccc(S(=O)(=O)NC(C)(C)C)cc1)C(C)(C)C)C(=O)NS(=O)(=O)C1CC1. The number of halogens is 1. The molecule has 2 aromatic carbocycles. The number of likely N-dealkylation sites (tertiary alicyclic amines) is 1. The Labute approximate surface area is 344 Å². The van der Waals surface area contributed by atoms with E-state index in [1.54, 1.807) is 51.1 Å². The van der Waals surface area contributed by atoms with Crippen LogP contribution in [0.4, 0.5) is 5.69 Å². The van der Waals surface area contributed by atoms with Gasteiger partial charge in [0, 0.05) is 39.4 Å². The molecular formula is C40H51ClN6O9S2. The summed E-state index contributed by atoms with van der Waals surface area (Å²) >= 11 is 6.36. The molecule has 2 heterocycles. The van der Waals surface area contributed by atoms with Crippen molar-refractivity contribution in [3.63, 3.8) is 0 Å². The summed E-state index contributed by atoms with van der Waals surface area (Å²) in [5.41, 5.74) is -2.57. The number of hydrogen-bond donors (Lipinski definition) is 4. The molecule has 3 aliphatic rings. The number of fused-ring (bicyclic) bond motifs is 1. The van der Waals surface area contributed by atoms with E-state index in [0.717, 1.165) is 0 Å². The van der Waals surface area contributed by atoms with Crippen LogP contribution in [0.2, 0.25) is 5.02 Å². The standard InChI is InChI=1S/C40H51ClN6O9S2/c1-9-23-20-40(23,37(50)45-57(51,52)27-15-16-27)44-34(48)31-19-26(56-35-30-18-24(41)10-17-29(30)32(55-8)21-42-35)22-47(31)36(49)33(38(2,3)4)43-25-11-13-28(14-12-25)58(53,54)46-39(5,6)7/h9-14,17-18,21,23,26-27,31,33,43,46H,1,15-16,19-20,22H2,2-8H3,(H,44,48)(H,45,50)/t23-,26-,31+,33?,40-/m1/s1. The third-order valence-corrected chi connectivity index (χ3v) is 14.2. The zero-order valence-electron chi connectivity index (χ0n) is 33.6. The first-order chi connectivity index (χ1) is 27.0. The zero-order valence-corrected chi connectivity index (χ0v) is 36.0. The summed E-state index contributed by atoms with van der Waals surface area (Å²) in [6.45, 7) is 14.5. The monoisotopic (exact) mass is 858 g/mol. The molecule has 3 aromatic rings. The van der Waals surface area contributed by atoms with Gasteiger partial charge in [-0.05, 0) is 87.9 Å². The Bertz CT molecular complexity index is 2340. The highest BCUT2D eigenvalue weighted by atomic mass is 35.5. The number of amides is 3. The number of pyridine rings is 1. The van der Waals surface area contributed by atoms with Crippen LogP contribution in [-0.4, -0.2) is 92.6 Å². The van der Waals surface area contributed by atoms with Gasteiger partial charge in [0.05, 0.1) is 30.0 Å². The molecule has 6 rings (SSSR count). The van der Waals surface area contributed by atoms with Crippen LogP contribution >= 0.6 is 11.6 Å². The average molecular weight is 859 g/mol. The number of sulfonamides is 2. The largest absolute Gasteiger partial charge is 0.494 e. The molecule has 1 aliphatic heterocycles. The quantitative estimate of drug-likeness (QED) is 0.166. The van der Waals surface area contributed by atoms with Gasteiger partial charge in [0.15, 0.2) is 0 Å². The average Bonchev–Trinajstić information content (AvgIpc) is 4.06. The number of rotatable bonds is 14. The van der Waals surface area contributed by atoms with Crippen molar-refractivity contribution in [1.82, 2.24) is 24.6 Å². The number of carbonyl (C=O) groups is 3. The first kappa shape index (κ1) is 43.1. The summed E-state index contributed by atoms with van der Waals surface area (Å²) in [5.74, 6) is -1.85. The molecule has 0 radical (unpaired) electrons. The van der Waals surface area contributed by atoms with Gasteiger partial charge in [-0.15, -0.1) is 6.58 Å². The minimum Gasteiger partial charge on any atom is -0.494 e. The predicted octanol–water partition coefficient (Wildman–Crippen LogP) is 4.52. The van der Waals surface area contributed by atoms with Gasteiger partial charge in [-0.2, -0.15) is 0 Å². The van der Waals surface area contributed by atoms with E-state index in [-0.39, 0.29) is 30.2 Å².